The first-order chi connectivity index (χ1) is 6.97. The first-order valence-corrected chi connectivity index (χ1v) is 5.59. The fourth-order valence-corrected chi connectivity index (χ4v) is 1.56. The molecule has 0 saturated carbocycles. The van der Waals surface area contributed by atoms with Crippen LogP contribution in [0.1, 0.15) is 25.6 Å². The summed E-state index contributed by atoms with van der Waals surface area (Å²) in [5.74, 6) is 0. The van der Waals surface area contributed by atoms with Gasteiger partial charge in [0, 0.05) is 11.4 Å². The van der Waals surface area contributed by atoms with Crippen molar-refractivity contribution in [1.82, 2.24) is 10.9 Å². The van der Waals surface area contributed by atoms with Gasteiger partial charge in [-0.05, 0) is 32.2 Å². The molecule has 0 aliphatic rings. The number of carbonyl (C=O) groups excluding carboxylic acids is 1. The Bertz CT molecular complexity index is 304. The van der Waals surface area contributed by atoms with E-state index < -0.39 is 11.7 Å². The van der Waals surface area contributed by atoms with Crippen LogP contribution in [0.2, 0.25) is 0 Å². The summed E-state index contributed by atoms with van der Waals surface area (Å²) in [6.07, 6.45) is -0.459. The van der Waals surface area contributed by atoms with Crippen LogP contribution < -0.4 is 10.9 Å². The van der Waals surface area contributed by atoms with E-state index in [0.717, 1.165) is 4.88 Å². The average Bonchev–Trinajstić information content (AvgIpc) is 2.53. The van der Waals surface area contributed by atoms with Gasteiger partial charge in [0.15, 0.2) is 0 Å². The van der Waals surface area contributed by atoms with Crippen molar-refractivity contribution in [3.8, 4) is 0 Å². The van der Waals surface area contributed by atoms with Gasteiger partial charge in [-0.15, -0.1) is 11.3 Å². The first kappa shape index (κ1) is 12.0. The number of ether oxygens (including phenoxy) is 1. The van der Waals surface area contributed by atoms with Crippen molar-refractivity contribution < 1.29 is 9.53 Å². The normalized spacial score (nSPS) is 11.1. The van der Waals surface area contributed by atoms with Crippen molar-refractivity contribution in [1.29, 1.82) is 0 Å². The molecule has 4 nitrogen and oxygen atoms in total. The lowest BCUT2D eigenvalue weighted by Gasteiger charge is -2.19. The summed E-state index contributed by atoms with van der Waals surface area (Å²) in [5.41, 5.74) is 4.81. The summed E-state index contributed by atoms with van der Waals surface area (Å²) < 4.78 is 5.05. The molecule has 1 rings (SSSR count). The van der Waals surface area contributed by atoms with Gasteiger partial charge in [0.1, 0.15) is 5.60 Å². The van der Waals surface area contributed by atoms with Gasteiger partial charge in [-0.3, -0.25) is 5.43 Å². The van der Waals surface area contributed by atoms with Crippen LogP contribution in [0.4, 0.5) is 4.79 Å². The molecule has 0 aliphatic heterocycles. The smallest absolute Gasteiger partial charge is 0.422 e. The highest BCUT2D eigenvalue weighted by Crippen LogP contribution is 2.07. The minimum absolute atomic E-state index is 0.459. The van der Waals surface area contributed by atoms with Crippen molar-refractivity contribution in [3.05, 3.63) is 22.4 Å². The number of hydrogen-bond acceptors (Lipinski definition) is 4. The Morgan fingerprint density at radius 2 is 2.27 bits per heavy atom. The summed E-state index contributed by atoms with van der Waals surface area (Å²) in [7, 11) is 0. The number of rotatable bonds is 3. The van der Waals surface area contributed by atoms with Gasteiger partial charge in [-0.25, -0.2) is 10.2 Å². The third kappa shape index (κ3) is 5.39. The average molecular weight is 228 g/mol. The molecule has 0 atom stereocenters. The molecule has 0 radical (unpaired) electrons. The minimum atomic E-state index is -0.464. The van der Waals surface area contributed by atoms with Crippen LogP contribution in [0.15, 0.2) is 17.5 Å². The van der Waals surface area contributed by atoms with Crippen LogP contribution in [0.5, 0.6) is 0 Å². The summed E-state index contributed by atoms with van der Waals surface area (Å²) >= 11 is 1.63. The first-order valence-electron chi connectivity index (χ1n) is 4.71. The molecule has 5 heteroatoms. The van der Waals surface area contributed by atoms with E-state index >= 15 is 0 Å². The van der Waals surface area contributed by atoms with Crippen molar-refractivity contribution in [2.75, 3.05) is 0 Å². The van der Waals surface area contributed by atoms with Gasteiger partial charge in [0.2, 0.25) is 0 Å². The maximum absolute atomic E-state index is 11.2. The zero-order valence-corrected chi connectivity index (χ0v) is 9.98. The van der Waals surface area contributed by atoms with Crippen molar-refractivity contribution in [2.24, 2.45) is 0 Å². The van der Waals surface area contributed by atoms with Gasteiger partial charge in [-0.1, -0.05) is 6.07 Å². The predicted molar refractivity (Wildman–Crippen MR) is 60.5 cm³/mol. The summed E-state index contributed by atoms with van der Waals surface area (Å²) in [5, 5.41) is 1.99. The molecule has 0 aliphatic carbocycles. The minimum Gasteiger partial charge on any atom is -0.443 e. The van der Waals surface area contributed by atoms with Crippen molar-refractivity contribution in [2.45, 2.75) is 32.9 Å². The second-order valence-corrected chi connectivity index (χ2v) is 5.09. The molecule has 1 aromatic rings. The zero-order valence-electron chi connectivity index (χ0n) is 9.16. The third-order valence-corrected chi connectivity index (χ3v) is 2.31. The molecule has 0 saturated heterocycles. The molecule has 1 heterocycles. The van der Waals surface area contributed by atoms with E-state index in [-0.39, 0.29) is 0 Å². The Labute approximate surface area is 93.6 Å². The summed E-state index contributed by atoms with van der Waals surface area (Å²) in [6, 6.07) is 3.96. The Morgan fingerprint density at radius 1 is 1.53 bits per heavy atom. The molecule has 2 N–H and O–H groups in total. The number of carbonyl (C=O) groups is 1. The SMILES string of the molecule is CC(C)(C)OC(=O)NNCc1cccs1. The quantitative estimate of drug-likeness (QED) is 0.780. The van der Waals surface area contributed by atoms with Gasteiger partial charge >= 0.3 is 6.09 Å². The molecule has 0 unspecified atom stereocenters. The lowest BCUT2D eigenvalue weighted by atomic mass is 10.2. The van der Waals surface area contributed by atoms with Crippen molar-refractivity contribution in [3.63, 3.8) is 0 Å². The standard InChI is InChI=1S/C10H16N2O2S/c1-10(2,3)14-9(13)12-11-7-8-5-4-6-15-8/h4-6,11H,7H2,1-3H3,(H,12,13). The van der Waals surface area contributed by atoms with E-state index in [4.69, 9.17) is 4.74 Å². The largest absolute Gasteiger partial charge is 0.443 e. The van der Waals surface area contributed by atoms with Crippen LogP contribution in [0.3, 0.4) is 0 Å². The number of nitrogens with one attached hydrogen (secondary N) is 2. The van der Waals surface area contributed by atoms with E-state index in [0.29, 0.717) is 6.54 Å². The van der Waals surface area contributed by atoms with E-state index in [2.05, 4.69) is 10.9 Å². The topological polar surface area (TPSA) is 50.4 Å². The van der Waals surface area contributed by atoms with E-state index in [1.165, 1.54) is 0 Å². The fraction of sp³-hybridized carbons (Fsp3) is 0.500. The number of hydrazine groups is 1. The van der Waals surface area contributed by atoms with E-state index in [9.17, 15) is 4.79 Å². The lowest BCUT2D eigenvalue weighted by molar-refractivity contribution is 0.0497. The third-order valence-electron chi connectivity index (χ3n) is 1.43. The van der Waals surface area contributed by atoms with Crippen LogP contribution in [-0.2, 0) is 11.3 Å². The molecule has 15 heavy (non-hydrogen) atoms. The number of hydrogen-bond donors (Lipinski definition) is 2. The van der Waals surface area contributed by atoms with Crippen LogP contribution >= 0.6 is 11.3 Å². The highest BCUT2D eigenvalue weighted by molar-refractivity contribution is 7.09. The van der Waals surface area contributed by atoms with Gasteiger partial charge in [0.25, 0.3) is 0 Å². The molecule has 0 spiro atoms. The maximum atomic E-state index is 11.2. The Hall–Kier alpha value is -1.07. The Balaban J connectivity index is 2.18. The molecule has 0 bridgehead atoms. The molecule has 1 aromatic heterocycles. The van der Waals surface area contributed by atoms with Crippen LogP contribution in [0.25, 0.3) is 0 Å². The zero-order chi connectivity index (χ0) is 11.3. The molecular formula is C10H16N2O2S. The molecule has 0 fully saturated rings. The predicted octanol–water partition coefficient (Wildman–Crippen LogP) is 2.28. The van der Waals surface area contributed by atoms with Gasteiger partial charge < -0.3 is 4.74 Å². The molecule has 1 amide bonds. The van der Waals surface area contributed by atoms with E-state index in [1.54, 1.807) is 11.3 Å². The summed E-state index contributed by atoms with van der Waals surface area (Å²) in [4.78, 5) is 12.4. The monoisotopic (exact) mass is 228 g/mol. The summed E-state index contributed by atoms with van der Waals surface area (Å²) in [6.45, 7) is 6.08. The van der Waals surface area contributed by atoms with Crippen LogP contribution in [0, 0.1) is 0 Å². The molecule has 0 aromatic carbocycles. The molecular weight excluding hydrogens is 212 g/mol. The van der Waals surface area contributed by atoms with Gasteiger partial charge in [0.05, 0.1) is 0 Å². The highest BCUT2D eigenvalue weighted by Gasteiger charge is 2.15. The Morgan fingerprint density at radius 3 is 2.80 bits per heavy atom. The van der Waals surface area contributed by atoms with Gasteiger partial charge in [-0.2, -0.15) is 0 Å². The second-order valence-electron chi connectivity index (χ2n) is 4.06. The maximum Gasteiger partial charge on any atom is 0.422 e. The second kappa shape index (κ2) is 5.14. The van der Waals surface area contributed by atoms with Crippen LogP contribution in [-0.4, -0.2) is 11.7 Å². The van der Waals surface area contributed by atoms with E-state index in [1.807, 2.05) is 38.3 Å². The number of thiophene rings is 1. The number of amides is 1. The Kier molecular flexibility index (Phi) is 4.11. The lowest BCUT2D eigenvalue weighted by Crippen LogP contribution is -2.40. The van der Waals surface area contributed by atoms with Crippen molar-refractivity contribution >= 4 is 17.4 Å². The highest BCUT2D eigenvalue weighted by atomic mass is 32.1. The fourth-order valence-electron chi connectivity index (χ4n) is 0.920. The molecule has 84 valence electrons.